The number of hydrogen-bond acceptors (Lipinski definition) is 6. The highest BCUT2D eigenvalue weighted by Gasteiger charge is 2.43. The Morgan fingerprint density at radius 1 is 0.562 bits per heavy atom. The van der Waals surface area contributed by atoms with Gasteiger partial charge in [0, 0.05) is 19.1 Å². The van der Waals surface area contributed by atoms with E-state index in [4.69, 9.17) is 19.7 Å². The molecule has 0 spiro atoms. The van der Waals surface area contributed by atoms with Crippen LogP contribution in [0.2, 0.25) is 0 Å². The van der Waals surface area contributed by atoms with E-state index in [1.54, 1.807) is 0 Å². The van der Waals surface area contributed by atoms with Gasteiger partial charge in [0.2, 0.25) is 0 Å². The van der Waals surface area contributed by atoms with Gasteiger partial charge in [-0.25, -0.2) is 0 Å². The Morgan fingerprint density at radius 2 is 0.969 bits per heavy atom. The second kappa shape index (κ2) is 11.6. The van der Waals surface area contributed by atoms with E-state index in [0.29, 0.717) is 11.5 Å². The predicted molar refractivity (Wildman–Crippen MR) is 122 cm³/mol. The van der Waals surface area contributed by atoms with Gasteiger partial charge in [0.1, 0.15) is 24.7 Å². The van der Waals surface area contributed by atoms with E-state index in [2.05, 4.69) is 0 Å². The molecule has 3 aromatic rings. The Kier molecular flexibility index (Phi) is 8.64. The summed E-state index contributed by atoms with van der Waals surface area (Å²) >= 11 is 0. The lowest BCUT2D eigenvalue weighted by Crippen LogP contribution is -2.42. The third-order valence-electron chi connectivity index (χ3n) is 5.62. The summed E-state index contributed by atoms with van der Waals surface area (Å²) in [5, 5.41) is 38.7. The van der Waals surface area contributed by atoms with E-state index in [0.717, 1.165) is 16.7 Å². The zero-order valence-corrected chi connectivity index (χ0v) is 17.9. The molecule has 0 bridgehead atoms. The zero-order chi connectivity index (χ0) is 22.8. The van der Waals surface area contributed by atoms with Crippen molar-refractivity contribution in [3.63, 3.8) is 0 Å². The molecular formula is C26H30O6. The van der Waals surface area contributed by atoms with Crippen molar-refractivity contribution in [2.75, 3.05) is 39.6 Å². The molecule has 0 radical (unpaired) electrons. The quantitative estimate of drug-likeness (QED) is 0.324. The summed E-state index contributed by atoms with van der Waals surface area (Å²) in [7, 11) is 0. The molecule has 6 heteroatoms. The average molecular weight is 439 g/mol. The van der Waals surface area contributed by atoms with Crippen molar-refractivity contribution in [3.05, 3.63) is 95.6 Å². The number of rotatable bonds is 12. The molecule has 0 unspecified atom stereocenters. The van der Waals surface area contributed by atoms with Gasteiger partial charge in [-0.15, -0.1) is 0 Å². The first-order valence-electron chi connectivity index (χ1n) is 10.7. The van der Waals surface area contributed by atoms with Gasteiger partial charge in [0.05, 0.1) is 18.6 Å². The monoisotopic (exact) mass is 438 g/mol. The van der Waals surface area contributed by atoms with Crippen LogP contribution in [0.4, 0.5) is 0 Å². The Bertz CT molecular complexity index is 869. The maximum absolute atomic E-state index is 10.3. The molecule has 0 amide bonds. The number of hydrogen-bond donors (Lipinski definition) is 4. The molecule has 32 heavy (non-hydrogen) atoms. The molecule has 0 saturated carbocycles. The highest BCUT2D eigenvalue weighted by Crippen LogP contribution is 2.46. The van der Waals surface area contributed by atoms with Crippen molar-refractivity contribution in [3.8, 4) is 11.5 Å². The first-order chi connectivity index (χ1) is 15.7. The van der Waals surface area contributed by atoms with Crippen molar-refractivity contribution < 1.29 is 29.9 Å². The average Bonchev–Trinajstić information content (AvgIpc) is 2.86. The highest BCUT2D eigenvalue weighted by molar-refractivity contribution is 5.53. The van der Waals surface area contributed by atoms with E-state index in [9.17, 15) is 10.2 Å². The van der Waals surface area contributed by atoms with Crippen LogP contribution >= 0.6 is 0 Å². The van der Waals surface area contributed by atoms with Gasteiger partial charge < -0.3 is 29.9 Å². The second-order valence-corrected chi connectivity index (χ2v) is 7.43. The van der Waals surface area contributed by atoms with Crippen LogP contribution in [-0.2, 0) is 5.41 Å². The second-order valence-electron chi connectivity index (χ2n) is 7.43. The molecule has 0 aromatic heterocycles. The van der Waals surface area contributed by atoms with Gasteiger partial charge in [0.15, 0.2) is 0 Å². The van der Waals surface area contributed by atoms with Crippen LogP contribution in [0.5, 0.6) is 11.5 Å². The van der Waals surface area contributed by atoms with Crippen LogP contribution in [0, 0.1) is 5.92 Å². The fraction of sp³-hybridized carbons (Fsp3) is 0.308. The van der Waals surface area contributed by atoms with Crippen molar-refractivity contribution in [2.24, 2.45) is 5.92 Å². The van der Waals surface area contributed by atoms with Gasteiger partial charge >= 0.3 is 0 Å². The van der Waals surface area contributed by atoms with Crippen molar-refractivity contribution >= 4 is 0 Å². The smallest absolute Gasteiger partial charge is 0.119 e. The van der Waals surface area contributed by atoms with E-state index >= 15 is 0 Å². The summed E-state index contributed by atoms with van der Waals surface area (Å²) in [5.74, 6) is 0.738. The van der Waals surface area contributed by atoms with E-state index in [-0.39, 0.29) is 39.6 Å². The Labute approximate surface area is 188 Å². The van der Waals surface area contributed by atoms with Crippen LogP contribution in [-0.4, -0.2) is 60.1 Å². The number of aliphatic hydroxyl groups excluding tert-OH is 4. The molecule has 0 heterocycles. The summed E-state index contributed by atoms with van der Waals surface area (Å²) in [5.41, 5.74) is 1.87. The first-order valence-corrected chi connectivity index (χ1v) is 10.7. The molecule has 0 aliphatic heterocycles. The van der Waals surface area contributed by atoms with Gasteiger partial charge in [0.25, 0.3) is 0 Å². The van der Waals surface area contributed by atoms with Gasteiger partial charge in [-0.3, -0.25) is 0 Å². The number of aliphatic hydroxyl groups is 4. The van der Waals surface area contributed by atoms with E-state index < -0.39 is 11.3 Å². The fourth-order valence-electron chi connectivity index (χ4n) is 4.19. The standard InChI is InChI=1S/C26H30O6/c27-14-16-31-24-10-6-21(7-11-24)26(23(18-29)19-30,20-4-2-1-3-5-20)22-8-12-25(13-9-22)32-17-15-28/h1-13,23,27-30H,14-19H2. The predicted octanol–water partition coefficient (Wildman–Crippen LogP) is 2.36. The molecule has 3 rings (SSSR count). The van der Waals surface area contributed by atoms with Crippen molar-refractivity contribution in [2.45, 2.75) is 5.41 Å². The molecule has 0 saturated heterocycles. The minimum Gasteiger partial charge on any atom is -0.491 e. The summed E-state index contributed by atoms with van der Waals surface area (Å²) < 4.78 is 11.0. The molecular weight excluding hydrogens is 408 g/mol. The van der Waals surface area contributed by atoms with Crippen LogP contribution in [0.25, 0.3) is 0 Å². The molecule has 0 atom stereocenters. The lowest BCUT2D eigenvalue weighted by Gasteiger charge is -2.41. The number of ether oxygens (including phenoxy) is 2. The largest absolute Gasteiger partial charge is 0.491 e. The molecule has 4 N–H and O–H groups in total. The molecule has 0 aliphatic rings. The van der Waals surface area contributed by atoms with Gasteiger partial charge in [-0.05, 0) is 41.0 Å². The number of benzene rings is 3. The maximum atomic E-state index is 10.3. The molecule has 170 valence electrons. The molecule has 3 aromatic carbocycles. The van der Waals surface area contributed by atoms with E-state index in [1.807, 2.05) is 78.9 Å². The topological polar surface area (TPSA) is 99.4 Å². The Morgan fingerprint density at radius 3 is 1.34 bits per heavy atom. The van der Waals surface area contributed by atoms with Crippen molar-refractivity contribution in [1.82, 2.24) is 0 Å². The Hall–Kier alpha value is -2.90. The van der Waals surface area contributed by atoms with Crippen molar-refractivity contribution in [1.29, 1.82) is 0 Å². The minimum absolute atomic E-state index is 0.0719. The van der Waals surface area contributed by atoms with Crippen LogP contribution in [0.1, 0.15) is 16.7 Å². The summed E-state index contributed by atoms with van der Waals surface area (Å²) in [4.78, 5) is 0. The van der Waals surface area contributed by atoms with Gasteiger partial charge in [-0.1, -0.05) is 54.6 Å². The third kappa shape index (κ3) is 4.95. The molecule has 6 nitrogen and oxygen atoms in total. The molecule has 0 fully saturated rings. The maximum Gasteiger partial charge on any atom is 0.119 e. The highest BCUT2D eigenvalue weighted by atomic mass is 16.5. The Balaban J connectivity index is 2.18. The van der Waals surface area contributed by atoms with E-state index in [1.165, 1.54) is 0 Å². The fourth-order valence-corrected chi connectivity index (χ4v) is 4.19. The van der Waals surface area contributed by atoms with Gasteiger partial charge in [-0.2, -0.15) is 0 Å². The van der Waals surface area contributed by atoms with Crippen LogP contribution in [0.15, 0.2) is 78.9 Å². The summed E-state index contributed by atoms with van der Waals surface area (Å²) in [6.07, 6.45) is 0. The van der Waals surface area contributed by atoms with Crippen LogP contribution in [0.3, 0.4) is 0 Å². The lowest BCUT2D eigenvalue weighted by atomic mass is 9.62. The summed E-state index contributed by atoms with van der Waals surface area (Å²) in [6.45, 7) is -0.189. The SMILES string of the molecule is OCCOc1ccc(C(c2ccccc2)(c2ccc(OCCO)cc2)C(CO)CO)cc1. The third-order valence-corrected chi connectivity index (χ3v) is 5.62. The lowest BCUT2D eigenvalue weighted by molar-refractivity contribution is 0.115. The normalized spacial score (nSPS) is 11.5. The first kappa shape index (κ1) is 23.8. The zero-order valence-electron chi connectivity index (χ0n) is 17.9. The molecule has 0 aliphatic carbocycles. The van der Waals surface area contributed by atoms with Crippen LogP contribution < -0.4 is 9.47 Å². The summed E-state index contributed by atoms with van der Waals surface area (Å²) in [6, 6.07) is 24.8. The minimum atomic E-state index is -0.838.